The molecule has 0 aliphatic heterocycles. The molecule has 2 N–H and O–H groups in total. The summed E-state index contributed by atoms with van der Waals surface area (Å²) in [5.41, 5.74) is -0.782. The second-order valence-electron chi connectivity index (χ2n) is 7.49. The summed E-state index contributed by atoms with van der Waals surface area (Å²) in [4.78, 5) is 27.2. The number of thiazole rings is 1. The summed E-state index contributed by atoms with van der Waals surface area (Å²) in [5.74, 6) is 0.115. The quantitative estimate of drug-likeness (QED) is 0.283. The van der Waals surface area contributed by atoms with E-state index >= 15 is 0 Å². The van der Waals surface area contributed by atoms with E-state index in [1.165, 1.54) is 28.5 Å². The third kappa shape index (κ3) is 7.29. The number of ketones is 1. The van der Waals surface area contributed by atoms with Crippen molar-refractivity contribution >= 4 is 34.9 Å². The number of thioether (sulfide) groups is 1. The fraction of sp³-hybridized carbons (Fsp3) is 0.650. The first-order chi connectivity index (χ1) is 13.3. The minimum atomic E-state index is -1.03. The molecule has 1 aromatic heterocycles. The number of aromatic nitrogens is 1. The second kappa shape index (κ2) is 11.1. The van der Waals surface area contributed by atoms with Gasteiger partial charge in [-0.2, -0.15) is 0 Å². The topological polar surface area (TPSA) is 87.5 Å². The van der Waals surface area contributed by atoms with E-state index in [1.54, 1.807) is 6.92 Å². The van der Waals surface area contributed by atoms with Gasteiger partial charge in [-0.3, -0.25) is 9.18 Å². The average Bonchev–Trinajstić information content (AvgIpc) is 3.23. The Labute approximate surface area is 173 Å². The van der Waals surface area contributed by atoms with Crippen molar-refractivity contribution in [3.8, 4) is 0 Å². The number of aliphatic hydroxyl groups is 1. The first-order valence-corrected chi connectivity index (χ1v) is 11.5. The number of carbonyl (C=O) groups excluding carboxylic acids is 1. The van der Waals surface area contributed by atoms with Crippen LogP contribution in [0.4, 0.5) is 4.39 Å². The summed E-state index contributed by atoms with van der Waals surface area (Å²) < 4.78 is 12.9. The Morgan fingerprint density at radius 2 is 2.29 bits per heavy atom. The third-order valence-electron chi connectivity index (χ3n) is 5.05. The van der Waals surface area contributed by atoms with Gasteiger partial charge in [0.1, 0.15) is 5.78 Å². The van der Waals surface area contributed by atoms with Gasteiger partial charge in [0.15, 0.2) is 10.0 Å². The maximum Gasteiger partial charge on any atom is 0.355 e. The normalized spacial score (nSPS) is 22.0. The molecule has 0 amide bonds. The van der Waals surface area contributed by atoms with Crippen LogP contribution in [-0.2, 0) is 4.79 Å². The number of alkyl halides is 1. The molecule has 3 atom stereocenters. The molecule has 0 aromatic carbocycles. The van der Waals surface area contributed by atoms with Crippen LogP contribution in [0, 0.1) is 11.8 Å². The number of allylic oxidation sites excluding steroid dienone is 1. The fourth-order valence-electron chi connectivity index (χ4n) is 3.43. The van der Waals surface area contributed by atoms with Crippen molar-refractivity contribution in [2.45, 2.75) is 61.8 Å². The number of Topliss-reactive ketones (excluding diaryl/α,β-unsaturated/α-hetero) is 1. The first kappa shape index (κ1) is 23.0. The van der Waals surface area contributed by atoms with Gasteiger partial charge in [-0.15, -0.1) is 11.3 Å². The molecule has 1 unspecified atom stereocenters. The Morgan fingerprint density at radius 1 is 1.50 bits per heavy atom. The molecule has 0 radical (unpaired) electrons. The Kier molecular flexibility index (Phi) is 9.11. The van der Waals surface area contributed by atoms with Gasteiger partial charge in [0.25, 0.3) is 0 Å². The van der Waals surface area contributed by atoms with E-state index in [-0.39, 0.29) is 30.0 Å². The highest BCUT2D eigenvalue weighted by molar-refractivity contribution is 8.01. The molecular weight excluding hydrogens is 401 g/mol. The van der Waals surface area contributed by atoms with Crippen LogP contribution in [0.1, 0.15) is 62.4 Å². The molecule has 0 saturated heterocycles. The van der Waals surface area contributed by atoms with Gasteiger partial charge in [-0.05, 0) is 51.4 Å². The van der Waals surface area contributed by atoms with Crippen molar-refractivity contribution < 1.29 is 24.2 Å². The van der Waals surface area contributed by atoms with Crippen molar-refractivity contribution in [1.82, 2.24) is 4.98 Å². The molecule has 1 aromatic rings. The van der Waals surface area contributed by atoms with Gasteiger partial charge in [0.05, 0.1) is 12.3 Å². The van der Waals surface area contributed by atoms with Gasteiger partial charge in [0.2, 0.25) is 0 Å². The van der Waals surface area contributed by atoms with Crippen LogP contribution in [0.25, 0.3) is 0 Å². The number of nitrogens with zero attached hydrogens (tertiary/aromatic N) is 1. The van der Waals surface area contributed by atoms with Gasteiger partial charge in [-0.25, -0.2) is 9.78 Å². The fourth-order valence-corrected chi connectivity index (χ4v) is 5.33. The summed E-state index contributed by atoms with van der Waals surface area (Å²) in [7, 11) is 0. The number of hydrogen-bond acceptors (Lipinski definition) is 6. The van der Waals surface area contributed by atoms with E-state index in [0.29, 0.717) is 42.2 Å². The van der Waals surface area contributed by atoms with E-state index < -0.39 is 11.6 Å². The van der Waals surface area contributed by atoms with E-state index in [9.17, 15) is 19.1 Å². The van der Waals surface area contributed by atoms with E-state index in [0.717, 1.165) is 12.8 Å². The third-order valence-corrected chi connectivity index (χ3v) is 7.11. The smallest absolute Gasteiger partial charge is 0.355 e. The zero-order valence-electron chi connectivity index (χ0n) is 16.1. The largest absolute Gasteiger partial charge is 0.476 e. The minimum absolute atomic E-state index is 0.0286. The number of halogens is 1. The highest BCUT2D eigenvalue weighted by atomic mass is 32.2. The molecule has 1 fully saturated rings. The SMILES string of the molecule is CC(O)(CC=C[C@H]1CCC(=O)[C@@H]1CCSc1nc(C(=O)O)cs1)CCCCF. The minimum Gasteiger partial charge on any atom is -0.476 e. The lowest BCUT2D eigenvalue weighted by atomic mass is 9.90. The lowest BCUT2D eigenvalue weighted by Gasteiger charge is -2.21. The summed E-state index contributed by atoms with van der Waals surface area (Å²) in [6.45, 7) is 1.41. The predicted molar refractivity (Wildman–Crippen MR) is 110 cm³/mol. The van der Waals surface area contributed by atoms with Gasteiger partial charge < -0.3 is 10.2 Å². The van der Waals surface area contributed by atoms with Crippen LogP contribution < -0.4 is 0 Å². The van der Waals surface area contributed by atoms with E-state index in [4.69, 9.17) is 5.11 Å². The number of aromatic carboxylic acids is 1. The number of hydrogen-bond donors (Lipinski definition) is 2. The highest BCUT2D eigenvalue weighted by Gasteiger charge is 2.32. The predicted octanol–water partition coefficient (Wildman–Crippen LogP) is 4.76. The highest BCUT2D eigenvalue weighted by Crippen LogP contribution is 2.35. The molecule has 2 rings (SSSR count). The standard InChI is InChI=1S/C20H28FNO4S2/c1-20(26,9-2-3-11-21)10-4-5-14-6-7-17(23)15(14)8-12-27-19-22-16(13-28-19)18(24)25/h4-5,13-15,26H,2-3,6-12H2,1H3,(H,24,25)/t14-,15+,20?/m0/s1. The zero-order chi connectivity index (χ0) is 20.6. The van der Waals surface area contributed by atoms with Crippen LogP contribution in [0.5, 0.6) is 0 Å². The van der Waals surface area contributed by atoms with Crippen molar-refractivity contribution in [3.05, 3.63) is 23.2 Å². The molecule has 0 spiro atoms. The van der Waals surface area contributed by atoms with Crippen LogP contribution in [-0.4, -0.2) is 45.0 Å². The Morgan fingerprint density at radius 3 is 2.96 bits per heavy atom. The van der Waals surface area contributed by atoms with Crippen molar-refractivity contribution in [2.24, 2.45) is 11.8 Å². The first-order valence-electron chi connectivity index (χ1n) is 9.62. The Balaban J connectivity index is 1.80. The number of rotatable bonds is 12. The lowest BCUT2D eigenvalue weighted by Crippen LogP contribution is -2.23. The average molecular weight is 430 g/mol. The van der Waals surface area contributed by atoms with Crippen LogP contribution in [0.3, 0.4) is 0 Å². The lowest BCUT2D eigenvalue weighted by molar-refractivity contribution is -0.121. The summed E-state index contributed by atoms with van der Waals surface area (Å²) >= 11 is 2.79. The van der Waals surface area contributed by atoms with Crippen LogP contribution in [0.2, 0.25) is 0 Å². The molecule has 1 aliphatic rings. The van der Waals surface area contributed by atoms with E-state index in [2.05, 4.69) is 11.1 Å². The summed E-state index contributed by atoms with van der Waals surface area (Å²) in [6, 6.07) is 0. The molecule has 156 valence electrons. The van der Waals surface area contributed by atoms with Gasteiger partial charge >= 0.3 is 5.97 Å². The molecule has 1 saturated carbocycles. The zero-order valence-corrected chi connectivity index (χ0v) is 17.7. The molecule has 0 bridgehead atoms. The van der Waals surface area contributed by atoms with Crippen molar-refractivity contribution in [1.29, 1.82) is 0 Å². The molecule has 1 aliphatic carbocycles. The molecule has 5 nitrogen and oxygen atoms in total. The number of unbranched alkanes of at least 4 members (excludes halogenated alkanes) is 1. The molecular formula is C20H28FNO4S2. The molecule has 8 heteroatoms. The van der Waals surface area contributed by atoms with E-state index in [1.807, 2.05) is 6.08 Å². The van der Waals surface area contributed by atoms with Crippen molar-refractivity contribution in [3.63, 3.8) is 0 Å². The molecule has 28 heavy (non-hydrogen) atoms. The maximum absolute atomic E-state index is 12.2. The Hall–Kier alpha value is -1.25. The summed E-state index contributed by atoms with van der Waals surface area (Å²) in [5, 5.41) is 20.8. The number of carboxylic acid groups (broad SMARTS) is 1. The van der Waals surface area contributed by atoms with Crippen molar-refractivity contribution in [2.75, 3.05) is 12.4 Å². The van der Waals surface area contributed by atoms with Gasteiger partial charge in [0, 0.05) is 23.5 Å². The Bertz CT molecular complexity index is 690. The number of carboxylic acids is 1. The van der Waals surface area contributed by atoms with Crippen LogP contribution >= 0.6 is 23.1 Å². The maximum atomic E-state index is 12.2. The van der Waals surface area contributed by atoms with Crippen LogP contribution in [0.15, 0.2) is 21.9 Å². The molecule has 1 heterocycles. The second-order valence-corrected chi connectivity index (χ2v) is 9.69. The van der Waals surface area contributed by atoms with Gasteiger partial charge in [-0.1, -0.05) is 23.9 Å². The number of carbonyl (C=O) groups is 2. The monoisotopic (exact) mass is 429 g/mol. The summed E-state index contributed by atoms with van der Waals surface area (Å²) in [6.07, 6.45) is 8.36.